The maximum Gasteiger partial charge on any atom is 0.0420 e. The van der Waals surface area contributed by atoms with Crippen LogP contribution in [-0.4, -0.2) is 6.54 Å². The number of benzene rings is 2. The van der Waals surface area contributed by atoms with Crippen LogP contribution in [0.5, 0.6) is 0 Å². The predicted molar refractivity (Wildman–Crippen MR) is 69.9 cm³/mol. The molecule has 0 saturated heterocycles. The minimum absolute atomic E-state index is 0.917. The fourth-order valence-electron chi connectivity index (χ4n) is 2.18. The van der Waals surface area contributed by atoms with Crippen molar-refractivity contribution in [3.63, 3.8) is 0 Å². The Morgan fingerprint density at radius 3 is 2.56 bits per heavy atom. The van der Waals surface area contributed by atoms with E-state index in [1.807, 2.05) is 0 Å². The van der Waals surface area contributed by atoms with Crippen molar-refractivity contribution >= 4 is 16.5 Å². The van der Waals surface area contributed by atoms with E-state index in [9.17, 15) is 0 Å². The number of hydrogen-bond donors (Lipinski definition) is 1. The van der Waals surface area contributed by atoms with Crippen LogP contribution in [0, 0.1) is 12.8 Å². The summed E-state index contributed by atoms with van der Waals surface area (Å²) in [5.74, 6) is 0.917. The topological polar surface area (TPSA) is 12.0 Å². The van der Waals surface area contributed by atoms with E-state index in [2.05, 4.69) is 48.6 Å². The van der Waals surface area contributed by atoms with Gasteiger partial charge in [0.1, 0.15) is 0 Å². The summed E-state index contributed by atoms with van der Waals surface area (Å²) in [6, 6.07) is 13.0. The Hall–Kier alpha value is -1.50. The quantitative estimate of drug-likeness (QED) is 0.810. The molecule has 1 aliphatic rings. The number of rotatable bonds is 3. The number of aryl methyl sites for hydroxylation is 1. The Kier molecular flexibility index (Phi) is 2.32. The van der Waals surface area contributed by atoms with Gasteiger partial charge in [0.15, 0.2) is 0 Å². The van der Waals surface area contributed by atoms with Gasteiger partial charge in [-0.05, 0) is 42.7 Å². The molecule has 82 valence electrons. The van der Waals surface area contributed by atoms with Gasteiger partial charge in [0.25, 0.3) is 0 Å². The smallest absolute Gasteiger partial charge is 0.0420 e. The van der Waals surface area contributed by atoms with Gasteiger partial charge in [-0.15, -0.1) is 0 Å². The van der Waals surface area contributed by atoms with Crippen molar-refractivity contribution in [2.45, 2.75) is 19.8 Å². The second-order valence-electron chi connectivity index (χ2n) is 4.80. The van der Waals surface area contributed by atoms with Crippen LogP contribution in [-0.2, 0) is 0 Å². The molecule has 0 unspecified atom stereocenters. The number of hydrogen-bond acceptors (Lipinski definition) is 1. The van der Waals surface area contributed by atoms with Crippen molar-refractivity contribution in [3.8, 4) is 0 Å². The molecule has 3 rings (SSSR count). The van der Waals surface area contributed by atoms with E-state index in [1.165, 1.54) is 34.9 Å². The van der Waals surface area contributed by atoms with Crippen LogP contribution >= 0.6 is 0 Å². The van der Waals surface area contributed by atoms with E-state index >= 15 is 0 Å². The summed E-state index contributed by atoms with van der Waals surface area (Å²) in [6.07, 6.45) is 2.80. The zero-order valence-electron chi connectivity index (χ0n) is 9.66. The highest BCUT2D eigenvalue weighted by molar-refractivity contribution is 5.95. The number of nitrogens with one attached hydrogen (secondary N) is 1. The molecule has 0 aromatic heterocycles. The molecular weight excluding hydrogens is 194 g/mol. The summed E-state index contributed by atoms with van der Waals surface area (Å²) in [5.41, 5.74) is 2.64. The zero-order valence-corrected chi connectivity index (χ0v) is 9.66. The molecule has 0 bridgehead atoms. The van der Waals surface area contributed by atoms with Crippen LogP contribution in [0.2, 0.25) is 0 Å². The monoisotopic (exact) mass is 211 g/mol. The highest BCUT2D eigenvalue weighted by Gasteiger charge is 2.20. The van der Waals surface area contributed by atoms with E-state index in [0.717, 1.165) is 12.5 Å². The Labute approximate surface area is 96.5 Å². The molecular formula is C15H17N. The van der Waals surface area contributed by atoms with Crippen molar-refractivity contribution in [2.24, 2.45) is 5.92 Å². The minimum atomic E-state index is 0.917. The summed E-state index contributed by atoms with van der Waals surface area (Å²) >= 11 is 0. The van der Waals surface area contributed by atoms with Crippen LogP contribution in [0.3, 0.4) is 0 Å². The van der Waals surface area contributed by atoms with Gasteiger partial charge in [0, 0.05) is 17.6 Å². The van der Waals surface area contributed by atoms with Gasteiger partial charge in [0.2, 0.25) is 0 Å². The first kappa shape index (κ1) is 9.71. The molecule has 1 heteroatoms. The molecule has 2 aromatic rings. The lowest BCUT2D eigenvalue weighted by Crippen LogP contribution is -2.03. The van der Waals surface area contributed by atoms with E-state index in [0.29, 0.717) is 0 Å². The van der Waals surface area contributed by atoms with Crippen molar-refractivity contribution in [2.75, 3.05) is 11.9 Å². The molecule has 0 aliphatic heterocycles. The fraction of sp³-hybridized carbons (Fsp3) is 0.333. The molecule has 16 heavy (non-hydrogen) atoms. The van der Waals surface area contributed by atoms with Gasteiger partial charge in [-0.2, -0.15) is 0 Å². The second-order valence-corrected chi connectivity index (χ2v) is 4.80. The van der Waals surface area contributed by atoms with Crippen molar-refractivity contribution in [1.82, 2.24) is 0 Å². The predicted octanol–water partition coefficient (Wildman–Crippen LogP) is 3.97. The Bertz CT molecular complexity index is 512. The van der Waals surface area contributed by atoms with Gasteiger partial charge >= 0.3 is 0 Å². The highest BCUT2D eigenvalue weighted by atomic mass is 14.9. The van der Waals surface area contributed by atoms with Gasteiger partial charge in [-0.25, -0.2) is 0 Å². The van der Waals surface area contributed by atoms with Gasteiger partial charge < -0.3 is 5.32 Å². The molecule has 1 saturated carbocycles. The van der Waals surface area contributed by atoms with E-state index in [4.69, 9.17) is 0 Å². The summed E-state index contributed by atoms with van der Waals surface area (Å²) in [5, 5.41) is 6.29. The SMILES string of the molecule is Cc1ccc(NCC2CC2)c2ccccc12. The number of anilines is 1. The highest BCUT2D eigenvalue weighted by Crippen LogP contribution is 2.31. The fourth-order valence-corrected chi connectivity index (χ4v) is 2.18. The summed E-state index contributed by atoms with van der Waals surface area (Å²) in [4.78, 5) is 0. The van der Waals surface area contributed by atoms with E-state index < -0.39 is 0 Å². The molecule has 1 fully saturated rings. The van der Waals surface area contributed by atoms with Crippen LogP contribution in [0.4, 0.5) is 5.69 Å². The molecule has 0 amide bonds. The Balaban J connectivity index is 1.99. The van der Waals surface area contributed by atoms with Crippen molar-refractivity contribution < 1.29 is 0 Å². The molecule has 0 radical (unpaired) electrons. The third kappa shape index (κ3) is 1.78. The third-order valence-corrected chi connectivity index (χ3v) is 3.42. The molecule has 1 N–H and O–H groups in total. The van der Waals surface area contributed by atoms with Gasteiger partial charge in [-0.3, -0.25) is 0 Å². The largest absolute Gasteiger partial charge is 0.384 e. The van der Waals surface area contributed by atoms with Crippen molar-refractivity contribution in [3.05, 3.63) is 42.0 Å². The Morgan fingerprint density at radius 1 is 1.06 bits per heavy atom. The van der Waals surface area contributed by atoms with Crippen LogP contribution in [0.25, 0.3) is 10.8 Å². The maximum absolute atomic E-state index is 3.58. The first-order valence-corrected chi connectivity index (χ1v) is 6.07. The van der Waals surface area contributed by atoms with Crippen LogP contribution < -0.4 is 5.32 Å². The standard InChI is InChI=1S/C15H17N/c1-11-6-9-15(16-10-12-7-8-12)14-5-3-2-4-13(11)14/h2-6,9,12,16H,7-8,10H2,1H3. The zero-order chi connectivity index (χ0) is 11.0. The first-order valence-electron chi connectivity index (χ1n) is 6.07. The summed E-state index contributed by atoms with van der Waals surface area (Å²) < 4.78 is 0. The molecule has 1 aliphatic carbocycles. The van der Waals surface area contributed by atoms with E-state index in [-0.39, 0.29) is 0 Å². The van der Waals surface area contributed by atoms with Gasteiger partial charge in [0.05, 0.1) is 0 Å². The average Bonchev–Trinajstić information content (AvgIpc) is 3.13. The molecule has 1 nitrogen and oxygen atoms in total. The first-order chi connectivity index (χ1) is 7.84. The van der Waals surface area contributed by atoms with Crippen LogP contribution in [0.1, 0.15) is 18.4 Å². The molecule has 0 spiro atoms. The second kappa shape index (κ2) is 3.82. The molecule has 0 heterocycles. The third-order valence-electron chi connectivity index (χ3n) is 3.42. The lowest BCUT2D eigenvalue weighted by molar-refractivity contribution is 0.890. The maximum atomic E-state index is 3.58. The lowest BCUT2D eigenvalue weighted by Gasteiger charge is -2.10. The van der Waals surface area contributed by atoms with Crippen molar-refractivity contribution in [1.29, 1.82) is 0 Å². The normalized spacial score (nSPS) is 15.3. The van der Waals surface area contributed by atoms with E-state index in [1.54, 1.807) is 0 Å². The minimum Gasteiger partial charge on any atom is -0.384 e. The Morgan fingerprint density at radius 2 is 1.81 bits per heavy atom. The molecule has 2 aromatic carbocycles. The molecule has 0 atom stereocenters. The van der Waals surface area contributed by atoms with Gasteiger partial charge in [-0.1, -0.05) is 30.3 Å². The lowest BCUT2D eigenvalue weighted by atomic mass is 10.0. The summed E-state index contributed by atoms with van der Waals surface area (Å²) in [7, 11) is 0. The summed E-state index contributed by atoms with van der Waals surface area (Å²) in [6.45, 7) is 3.31. The average molecular weight is 211 g/mol. The van der Waals surface area contributed by atoms with Crippen LogP contribution in [0.15, 0.2) is 36.4 Å². The number of fused-ring (bicyclic) bond motifs is 1.